The third-order valence-electron chi connectivity index (χ3n) is 0.708. The summed E-state index contributed by atoms with van der Waals surface area (Å²) >= 11 is 0. The smallest absolute Gasteiger partial charge is 0.113 e. The van der Waals surface area contributed by atoms with Gasteiger partial charge in [-0.25, -0.2) is 0 Å². The van der Waals surface area contributed by atoms with E-state index in [1.807, 2.05) is 0 Å². The second-order valence-corrected chi connectivity index (χ2v) is 2.55. The van der Waals surface area contributed by atoms with Crippen LogP contribution in [0.25, 0.3) is 0 Å². The van der Waals surface area contributed by atoms with Crippen LogP contribution in [0.1, 0.15) is 0 Å². The molecule has 0 saturated carbocycles. The van der Waals surface area contributed by atoms with Gasteiger partial charge in [0.15, 0.2) is 5.80 Å². The predicted octanol–water partition coefficient (Wildman–Crippen LogP) is 1.46. The molecule has 0 aliphatic heterocycles. The van der Waals surface area contributed by atoms with E-state index >= 15 is 0 Å². The van der Waals surface area contributed by atoms with E-state index in [-0.39, 0.29) is 0 Å². The van der Waals surface area contributed by atoms with Crippen molar-refractivity contribution in [3.05, 3.63) is 29.0 Å². The Hall–Kier alpha value is -1.02. The summed E-state index contributed by atoms with van der Waals surface area (Å²) in [6.07, 6.45) is 1.58. The minimum atomic E-state index is -1.09. The lowest BCUT2D eigenvalue weighted by molar-refractivity contribution is 0.454. The largest absolute Gasteiger partial charge is 0.492 e. The van der Waals surface area contributed by atoms with Crippen LogP contribution in [0.15, 0.2) is 29.5 Å². The molecule has 0 fully saturated rings. The number of aromatic nitrogens is 1. The first-order valence-electron chi connectivity index (χ1n) is 2.26. The highest BCUT2D eigenvalue weighted by atomic mass is 31.1. The monoisotopic (exact) mass is 143 g/mol. The van der Waals surface area contributed by atoms with E-state index in [9.17, 15) is 4.91 Å². The molecule has 0 bridgehead atoms. The van der Waals surface area contributed by atoms with Crippen LogP contribution in [0.2, 0.25) is 0 Å². The zero-order valence-corrected chi connectivity index (χ0v) is 5.36. The van der Waals surface area contributed by atoms with E-state index in [0.29, 0.717) is 0 Å². The number of hydrogen-bond donors (Lipinski definition) is 0. The van der Waals surface area contributed by atoms with Crippen molar-refractivity contribution in [2.75, 3.05) is 0 Å². The number of hydrogen-bond acceptors (Lipinski definition) is 4. The van der Waals surface area contributed by atoms with Crippen LogP contribution in [-0.4, -0.2) is 4.75 Å². The van der Waals surface area contributed by atoms with Crippen molar-refractivity contribution in [1.82, 2.24) is 4.75 Å². The maximum absolute atomic E-state index is 9.50. The van der Waals surface area contributed by atoms with Crippen LogP contribution >= 0.6 is 7.92 Å². The van der Waals surface area contributed by atoms with Crippen LogP contribution < -0.4 is 4.62 Å². The van der Waals surface area contributed by atoms with Crippen molar-refractivity contribution in [3.8, 4) is 0 Å². The van der Waals surface area contributed by atoms with Gasteiger partial charge in [0.2, 0.25) is 5.34 Å². The van der Waals surface area contributed by atoms with E-state index in [0.717, 1.165) is 0 Å². The van der Waals surface area contributed by atoms with Gasteiger partial charge in [-0.2, -0.15) is 0 Å². The highest BCUT2D eigenvalue weighted by Gasteiger charge is 2.05. The molecule has 1 atom stereocenters. The van der Waals surface area contributed by atoms with Crippen LogP contribution in [0.3, 0.4) is 0 Å². The molecular weight excluding hydrogens is 139 g/mol. The zero-order valence-electron chi connectivity index (χ0n) is 4.47. The Labute approximate surface area is 52.6 Å². The molecule has 1 aromatic heterocycles. The van der Waals surface area contributed by atoms with Crippen LogP contribution in [-0.2, 0) is 0 Å². The SMILES string of the molecule is O=NO[p+]1ccccn1. The van der Waals surface area contributed by atoms with Gasteiger partial charge >= 0.3 is 7.92 Å². The molecule has 46 valence electrons. The standard InChI is InChI=1S/C4H4N2O2P/c7-6-8-9-4-2-1-3-5-9/h1-4H/q+1. The van der Waals surface area contributed by atoms with Crippen molar-refractivity contribution in [1.29, 1.82) is 0 Å². The zero-order chi connectivity index (χ0) is 6.53. The van der Waals surface area contributed by atoms with Crippen LogP contribution in [0.5, 0.6) is 0 Å². The lowest BCUT2D eigenvalue weighted by Crippen LogP contribution is -1.75. The van der Waals surface area contributed by atoms with Crippen molar-refractivity contribution < 1.29 is 4.62 Å². The molecule has 5 heteroatoms. The topological polar surface area (TPSA) is 51.5 Å². The minimum Gasteiger partial charge on any atom is -0.113 e. The molecule has 0 amide bonds. The molecule has 1 aromatic rings. The van der Waals surface area contributed by atoms with Crippen LogP contribution in [0, 0.1) is 4.91 Å². The minimum absolute atomic E-state index is 1.09. The van der Waals surface area contributed by atoms with Crippen molar-refractivity contribution in [2.24, 2.45) is 5.34 Å². The summed E-state index contributed by atoms with van der Waals surface area (Å²) in [6, 6.07) is 3.52. The van der Waals surface area contributed by atoms with E-state index in [1.54, 1.807) is 24.1 Å². The van der Waals surface area contributed by atoms with Crippen LogP contribution in [0.4, 0.5) is 0 Å². The quantitative estimate of drug-likeness (QED) is 0.465. The molecule has 0 spiro atoms. The molecule has 0 N–H and O–H groups in total. The number of rotatable bonds is 2. The van der Waals surface area contributed by atoms with Crippen molar-refractivity contribution in [2.45, 2.75) is 0 Å². The Kier molecular flexibility index (Phi) is 2.10. The Morgan fingerprint density at radius 1 is 1.56 bits per heavy atom. The van der Waals surface area contributed by atoms with Crippen molar-refractivity contribution >= 4 is 7.92 Å². The predicted molar refractivity (Wildman–Crippen MR) is 33.7 cm³/mol. The Morgan fingerprint density at radius 2 is 2.44 bits per heavy atom. The molecule has 0 radical (unpaired) electrons. The summed E-state index contributed by atoms with van der Waals surface area (Å²) < 4.78 is 8.11. The molecular formula is C4H4N2O2P+. The fourth-order valence-corrected chi connectivity index (χ4v) is 1.10. The molecule has 9 heavy (non-hydrogen) atoms. The summed E-state index contributed by atoms with van der Waals surface area (Å²) in [5, 5.41) is 2.26. The first-order valence-corrected chi connectivity index (χ1v) is 3.55. The van der Waals surface area contributed by atoms with E-state index in [1.165, 1.54) is 0 Å². The second-order valence-electron chi connectivity index (χ2n) is 1.26. The van der Waals surface area contributed by atoms with E-state index in [2.05, 4.69) is 14.7 Å². The third-order valence-corrected chi connectivity index (χ3v) is 1.73. The summed E-state index contributed by atoms with van der Waals surface area (Å²) in [5.74, 6) is 1.69. The summed E-state index contributed by atoms with van der Waals surface area (Å²) in [6.45, 7) is 0. The van der Waals surface area contributed by atoms with E-state index < -0.39 is 7.92 Å². The Bertz CT molecular complexity index is 191. The highest BCUT2D eigenvalue weighted by molar-refractivity contribution is 7.39. The van der Waals surface area contributed by atoms with Gasteiger partial charge in [-0.05, 0) is 16.9 Å². The normalized spacial score (nSPS) is 10.4. The fraction of sp³-hybridized carbons (Fsp3) is 0. The molecule has 0 aliphatic carbocycles. The Balaban J connectivity index is 2.72. The first-order chi connectivity index (χ1) is 4.43. The summed E-state index contributed by atoms with van der Waals surface area (Å²) in [4.78, 5) is 9.50. The molecule has 1 unspecified atom stereocenters. The molecule has 1 heterocycles. The Morgan fingerprint density at radius 3 is 3.00 bits per heavy atom. The van der Waals surface area contributed by atoms with Gasteiger partial charge in [0.1, 0.15) is 0 Å². The van der Waals surface area contributed by atoms with Gasteiger partial charge in [0.05, 0.1) is 6.20 Å². The highest BCUT2D eigenvalue weighted by Crippen LogP contribution is 2.15. The summed E-state index contributed by atoms with van der Waals surface area (Å²) in [5.41, 5.74) is 0. The van der Waals surface area contributed by atoms with Gasteiger partial charge < -0.3 is 0 Å². The lowest BCUT2D eigenvalue weighted by Gasteiger charge is -1.72. The average Bonchev–Trinajstić information content (AvgIpc) is 1.91. The average molecular weight is 143 g/mol. The van der Waals surface area contributed by atoms with E-state index in [4.69, 9.17) is 0 Å². The molecule has 0 aliphatic rings. The second kappa shape index (κ2) is 3.10. The molecule has 4 nitrogen and oxygen atoms in total. The molecule has 0 aromatic carbocycles. The van der Waals surface area contributed by atoms with Gasteiger partial charge in [0.25, 0.3) is 0 Å². The lowest BCUT2D eigenvalue weighted by atomic mass is 10.7. The van der Waals surface area contributed by atoms with Gasteiger partial charge in [-0.3, -0.25) is 0 Å². The van der Waals surface area contributed by atoms with Gasteiger partial charge in [-0.1, -0.05) is 0 Å². The maximum atomic E-state index is 9.50. The van der Waals surface area contributed by atoms with Gasteiger partial charge in [-0.15, -0.1) is 9.53 Å². The number of nitrogens with zero attached hydrogens (tertiary/aromatic N) is 2. The third kappa shape index (κ3) is 1.74. The van der Waals surface area contributed by atoms with Gasteiger partial charge in [0, 0.05) is 0 Å². The molecule has 1 rings (SSSR count). The fourth-order valence-electron chi connectivity index (χ4n) is 0.398. The molecule has 0 saturated heterocycles. The summed E-state index contributed by atoms with van der Waals surface area (Å²) in [7, 11) is -1.09. The van der Waals surface area contributed by atoms with Crippen molar-refractivity contribution in [3.63, 3.8) is 0 Å². The maximum Gasteiger partial charge on any atom is 0.492 e. The first kappa shape index (κ1) is 6.11.